The van der Waals surface area contributed by atoms with Crippen LogP contribution < -0.4 is 9.64 Å². The summed E-state index contributed by atoms with van der Waals surface area (Å²) in [5.74, 6) is -3.21. The van der Waals surface area contributed by atoms with Crippen molar-refractivity contribution in [2.24, 2.45) is 0 Å². The van der Waals surface area contributed by atoms with E-state index in [0.717, 1.165) is 4.90 Å². The molecule has 1 aromatic carbocycles. The summed E-state index contributed by atoms with van der Waals surface area (Å²) in [6.45, 7) is 0. The quantitative estimate of drug-likeness (QED) is 0.775. The predicted molar refractivity (Wildman–Crippen MR) is 87.1 cm³/mol. The van der Waals surface area contributed by atoms with E-state index >= 15 is 0 Å². The van der Waals surface area contributed by atoms with Gasteiger partial charge in [0, 0.05) is 12.3 Å². The topological polar surface area (TPSA) is 96.8 Å². The number of halogens is 4. The molecule has 0 unspecified atom stereocenters. The Balaban J connectivity index is 0.000000321. The number of aromatic nitrogens is 1. The Morgan fingerprint density at radius 3 is 2.37 bits per heavy atom. The van der Waals surface area contributed by atoms with Crippen LogP contribution in [0.2, 0.25) is 5.02 Å². The predicted octanol–water partition coefficient (Wildman–Crippen LogP) is 3.18. The van der Waals surface area contributed by atoms with Crippen LogP contribution in [0.5, 0.6) is 5.75 Å². The molecule has 2 aromatic rings. The van der Waals surface area contributed by atoms with Gasteiger partial charge in [-0.15, -0.1) is 0 Å². The number of pyridine rings is 1. The number of ether oxygens (including phenoxy) is 1. The minimum Gasteiger partial charge on any atom is -0.495 e. The monoisotopic (exact) mass is 402 g/mol. The van der Waals surface area contributed by atoms with Crippen molar-refractivity contribution in [2.75, 3.05) is 12.0 Å². The number of rotatable bonds is 2. The van der Waals surface area contributed by atoms with Crippen molar-refractivity contribution in [3.63, 3.8) is 0 Å². The fraction of sp³-hybridized carbons (Fsp3) is 0.125. The number of amides is 2. The highest BCUT2D eigenvalue weighted by atomic mass is 35.5. The maximum Gasteiger partial charge on any atom is 0.490 e. The molecule has 0 spiro atoms. The van der Waals surface area contributed by atoms with Gasteiger partial charge in [0.15, 0.2) is 0 Å². The highest BCUT2D eigenvalue weighted by Gasteiger charge is 2.38. The van der Waals surface area contributed by atoms with Crippen molar-refractivity contribution in [3.8, 4) is 5.75 Å². The minimum atomic E-state index is -5.08. The Morgan fingerprint density at radius 2 is 1.85 bits per heavy atom. The zero-order valence-electron chi connectivity index (χ0n) is 13.5. The molecule has 2 heterocycles. The lowest BCUT2D eigenvalue weighted by Crippen LogP contribution is -2.29. The Kier molecular flexibility index (Phi) is 5.69. The Morgan fingerprint density at radius 1 is 1.22 bits per heavy atom. The molecule has 1 aromatic heterocycles. The van der Waals surface area contributed by atoms with Crippen LogP contribution in [0.25, 0.3) is 0 Å². The van der Waals surface area contributed by atoms with Gasteiger partial charge in [0.25, 0.3) is 11.8 Å². The fourth-order valence-electron chi connectivity index (χ4n) is 2.09. The van der Waals surface area contributed by atoms with Crippen LogP contribution in [-0.2, 0) is 4.79 Å². The smallest absolute Gasteiger partial charge is 0.490 e. The van der Waals surface area contributed by atoms with E-state index < -0.39 is 24.0 Å². The number of hydrogen-bond donors (Lipinski definition) is 1. The summed E-state index contributed by atoms with van der Waals surface area (Å²) in [6.07, 6.45) is -3.60. The summed E-state index contributed by atoms with van der Waals surface area (Å²) in [4.78, 5) is 38.5. The van der Waals surface area contributed by atoms with Crippen molar-refractivity contribution >= 4 is 35.1 Å². The first kappa shape index (κ1) is 20.2. The molecule has 0 fully saturated rings. The lowest BCUT2D eigenvalue weighted by atomic mass is 10.2. The van der Waals surface area contributed by atoms with Crippen molar-refractivity contribution in [1.82, 2.24) is 4.98 Å². The number of aliphatic carboxylic acids is 1. The summed E-state index contributed by atoms with van der Waals surface area (Å²) in [5.41, 5.74) is 0.858. The lowest BCUT2D eigenvalue weighted by Gasteiger charge is -2.15. The number of anilines is 1. The van der Waals surface area contributed by atoms with Gasteiger partial charge in [0.1, 0.15) is 11.4 Å². The number of alkyl halides is 3. The van der Waals surface area contributed by atoms with Gasteiger partial charge in [-0.3, -0.25) is 14.6 Å². The van der Waals surface area contributed by atoms with Gasteiger partial charge in [-0.25, -0.2) is 9.69 Å². The van der Waals surface area contributed by atoms with Gasteiger partial charge < -0.3 is 9.84 Å². The van der Waals surface area contributed by atoms with Crippen LogP contribution >= 0.6 is 11.6 Å². The molecule has 0 aliphatic carbocycles. The van der Waals surface area contributed by atoms with E-state index in [9.17, 15) is 22.8 Å². The van der Waals surface area contributed by atoms with Crippen LogP contribution in [0, 0.1) is 0 Å². The molecule has 1 aliphatic heterocycles. The van der Waals surface area contributed by atoms with Gasteiger partial charge in [-0.1, -0.05) is 11.6 Å². The SMILES string of the molecule is COc1cc(N2C(=O)c3cccnc3C2=O)ccc1Cl.O=C(O)C(F)(F)F. The number of benzene rings is 1. The molecular weight excluding hydrogens is 393 g/mol. The van der Waals surface area contributed by atoms with E-state index in [1.54, 1.807) is 30.3 Å². The number of carbonyl (C=O) groups is 3. The number of fused-ring (bicyclic) bond motifs is 1. The number of hydrogen-bond acceptors (Lipinski definition) is 5. The van der Waals surface area contributed by atoms with Gasteiger partial charge in [0.05, 0.1) is 23.4 Å². The van der Waals surface area contributed by atoms with Crippen molar-refractivity contribution in [2.45, 2.75) is 6.18 Å². The largest absolute Gasteiger partial charge is 0.495 e. The average molecular weight is 403 g/mol. The molecule has 0 saturated heterocycles. The fourth-order valence-corrected chi connectivity index (χ4v) is 2.28. The summed E-state index contributed by atoms with van der Waals surface area (Å²) >= 11 is 5.94. The lowest BCUT2D eigenvalue weighted by molar-refractivity contribution is -0.192. The molecule has 27 heavy (non-hydrogen) atoms. The number of carbonyl (C=O) groups excluding carboxylic acids is 2. The molecule has 0 bridgehead atoms. The van der Waals surface area contributed by atoms with Gasteiger partial charge in [0.2, 0.25) is 0 Å². The van der Waals surface area contributed by atoms with Gasteiger partial charge in [-0.2, -0.15) is 13.2 Å². The number of methoxy groups -OCH3 is 1. The van der Waals surface area contributed by atoms with E-state index in [4.69, 9.17) is 26.2 Å². The molecule has 11 heteroatoms. The first-order valence-corrected chi connectivity index (χ1v) is 7.43. The molecule has 0 saturated carbocycles. The molecule has 0 atom stereocenters. The van der Waals surface area contributed by atoms with Gasteiger partial charge in [-0.05, 0) is 24.3 Å². The zero-order valence-corrected chi connectivity index (χ0v) is 14.2. The van der Waals surface area contributed by atoms with Crippen LogP contribution in [0.15, 0.2) is 36.5 Å². The number of nitrogens with zero attached hydrogens (tertiary/aromatic N) is 2. The van der Waals surface area contributed by atoms with E-state index in [1.807, 2.05) is 0 Å². The summed E-state index contributed by atoms with van der Waals surface area (Å²) in [7, 11) is 1.47. The van der Waals surface area contributed by atoms with Crippen LogP contribution in [0.3, 0.4) is 0 Å². The van der Waals surface area contributed by atoms with E-state index in [2.05, 4.69) is 4.98 Å². The Labute approximate surface area is 154 Å². The second kappa shape index (κ2) is 7.62. The molecule has 7 nitrogen and oxygen atoms in total. The van der Waals surface area contributed by atoms with Gasteiger partial charge >= 0.3 is 12.1 Å². The maximum absolute atomic E-state index is 12.3. The number of imide groups is 1. The van der Waals surface area contributed by atoms with E-state index in [-0.39, 0.29) is 5.69 Å². The average Bonchev–Trinajstić information content (AvgIpc) is 2.87. The van der Waals surface area contributed by atoms with Crippen molar-refractivity contribution < 1.29 is 37.4 Å². The zero-order chi connectivity index (χ0) is 20.4. The first-order chi connectivity index (χ1) is 12.6. The number of carboxylic acid groups (broad SMARTS) is 1. The third kappa shape index (κ3) is 4.17. The molecular formula is C16H10ClF3N2O5. The Bertz CT molecular complexity index is 882. The standard InChI is InChI=1S/C14H9ClN2O3.C2HF3O2/c1-20-11-7-8(4-5-10(11)15)17-13(18)9-3-2-6-16-12(9)14(17)19;3-2(4,5)1(6)7/h2-7H,1H3;(H,6,7). The molecule has 0 radical (unpaired) electrons. The Hall–Kier alpha value is -3.14. The molecule has 2 amide bonds. The van der Waals surface area contributed by atoms with Crippen LogP contribution in [0.4, 0.5) is 18.9 Å². The molecule has 142 valence electrons. The van der Waals surface area contributed by atoms with Crippen molar-refractivity contribution in [1.29, 1.82) is 0 Å². The van der Waals surface area contributed by atoms with Crippen LogP contribution in [-0.4, -0.2) is 41.2 Å². The van der Waals surface area contributed by atoms with E-state index in [0.29, 0.717) is 22.0 Å². The third-order valence-electron chi connectivity index (χ3n) is 3.28. The highest BCUT2D eigenvalue weighted by Crippen LogP contribution is 2.33. The highest BCUT2D eigenvalue weighted by molar-refractivity contribution is 6.34. The third-order valence-corrected chi connectivity index (χ3v) is 3.59. The normalized spacial score (nSPS) is 13.0. The molecule has 1 aliphatic rings. The summed E-state index contributed by atoms with van der Waals surface area (Å²) in [5, 5.41) is 7.53. The first-order valence-electron chi connectivity index (χ1n) is 7.05. The second-order valence-corrected chi connectivity index (χ2v) is 5.37. The minimum absolute atomic E-state index is 0.159. The summed E-state index contributed by atoms with van der Waals surface area (Å²) < 4.78 is 36.8. The maximum atomic E-state index is 12.3. The molecule has 1 N–H and O–H groups in total. The molecule has 3 rings (SSSR count). The summed E-state index contributed by atoms with van der Waals surface area (Å²) in [6, 6.07) is 7.91. The van der Waals surface area contributed by atoms with Crippen LogP contribution in [0.1, 0.15) is 20.8 Å². The number of carboxylic acids is 1. The van der Waals surface area contributed by atoms with Crippen molar-refractivity contribution in [3.05, 3.63) is 52.8 Å². The second-order valence-electron chi connectivity index (χ2n) is 4.97. The van der Waals surface area contributed by atoms with E-state index in [1.165, 1.54) is 13.3 Å².